The summed E-state index contributed by atoms with van der Waals surface area (Å²) in [6.07, 6.45) is -0.348. The lowest BCUT2D eigenvalue weighted by Crippen LogP contribution is -2.44. The Morgan fingerprint density at radius 3 is 2.58 bits per heavy atom. The Bertz CT molecular complexity index is 804. The van der Waals surface area contributed by atoms with Gasteiger partial charge in [-0.05, 0) is 29.2 Å². The molecule has 2 aromatic rings. The van der Waals surface area contributed by atoms with Crippen molar-refractivity contribution in [2.24, 2.45) is 0 Å². The van der Waals surface area contributed by atoms with Crippen LogP contribution >= 0.6 is 0 Å². The first-order chi connectivity index (χ1) is 12.5. The second-order valence-corrected chi connectivity index (χ2v) is 6.81. The first kappa shape index (κ1) is 18.1. The normalized spacial score (nSPS) is 19.4. The van der Waals surface area contributed by atoms with Crippen LogP contribution in [0.15, 0.2) is 48.5 Å². The first-order valence-corrected chi connectivity index (χ1v) is 8.83. The van der Waals surface area contributed by atoms with E-state index in [1.807, 2.05) is 24.3 Å². The molecule has 136 valence electrons. The largest absolute Gasteiger partial charge is 0.391 e. The number of amides is 2. The highest BCUT2D eigenvalue weighted by Crippen LogP contribution is 2.24. The van der Waals surface area contributed by atoms with Crippen molar-refractivity contribution >= 4 is 11.8 Å². The van der Waals surface area contributed by atoms with Crippen molar-refractivity contribution in [2.45, 2.75) is 39.0 Å². The zero-order valence-electron chi connectivity index (χ0n) is 15.1. The Hall–Kier alpha value is -2.66. The van der Waals surface area contributed by atoms with Crippen LogP contribution in [0.4, 0.5) is 0 Å². The van der Waals surface area contributed by atoms with Crippen molar-refractivity contribution in [3.8, 4) is 11.1 Å². The van der Waals surface area contributed by atoms with E-state index < -0.39 is 12.1 Å². The van der Waals surface area contributed by atoms with Gasteiger partial charge in [-0.15, -0.1) is 0 Å². The highest BCUT2D eigenvalue weighted by atomic mass is 16.3. The van der Waals surface area contributed by atoms with Gasteiger partial charge in [-0.1, -0.05) is 48.5 Å². The van der Waals surface area contributed by atoms with Crippen LogP contribution in [0, 0.1) is 6.92 Å². The van der Waals surface area contributed by atoms with Crippen LogP contribution < -0.4 is 5.32 Å². The second kappa shape index (κ2) is 7.70. The first-order valence-electron chi connectivity index (χ1n) is 8.83. The van der Waals surface area contributed by atoms with Gasteiger partial charge in [0, 0.05) is 26.4 Å². The molecule has 0 spiro atoms. The van der Waals surface area contributed by atoms with E-state index in [2.05, 4.69) is 36.5 Å². The average Bonchev–Trinajstić information content (AvgIpc) is 3.03. The summed E-state index contributed by atoms with van der Waals surface area (Å²) >= 11 is 0. The maximum atomic E-state index is 12.4. The number of nitrogens with zero attached hydrogens (tertiary/aromatic N) is 1. The van der Waals surface area contributed by atoms with E-state index in [0.717, 1.165) is 16.7 Å². The molecule has 2 aromatic carbocycles. The van der Waals surface area contributed by atoms with E-state index in [9.17, 15) is 14.7 Å². The zero-order valence-corrected chi connectivity index (χ0v) is 15.1. The van der Waals surface area contributed by atoms with Crippen LogP contribution in [0.25, 0.3) is 11.1 Å². The van der Waals surface area contributed by atoms with Gasteiger partial charge in [-0.3, -0.25) is 9.59 Å². The molecule has 0 aliphatic carbocycles. The van der Waals surface area contributed by atoms with Gasteiger partial charge >= 0.3 is 0 Å². The van der Waals surface area contributed by atoms with Gasteiger partial charge in [0.05, 0.1) is 6.10 Å². The summed E-state index contributed by atoms with van der Waals surface area (Å²) in [6, 6.07) is 15.7. The molecule has 3 rings (SSSR count). The van der Waals surface area contributed by atoms with Gasteiger partial charge in [0.1, 0.15) is 6.04 Å². The summed E-state index contributed by atoms with van der Waals surface area (Å²) in [5.41, 5.74) is 4.48. The smallest absolute Gasteiger partial charge is 0.243 e. The van der Waals surface area contributed by atoms with Crippen LogP contribution in [0.5, 0.6) is 0 Å². The van der Waals surface area contributed by atoms with Crippen molar-refractivity contribution in [1.29, 1.82) is 0 Å². The molecule has 2 atom stereocenters. The molecule has 0 saturated carbocycles. The van der Waals surface area contributed by atoms with Gasteiger partial charge in [-0.25, -0.2) is 0 Å². The number of nitrogens with one attached hydrogen (secondary N) is 1. The number of rotatable bonds is 4. The van der Waals surface area contributed by atoms with Gasteiger partial charge in [0.2, 0.25) is 11.8 Å². The maximum absolute atomic E-state index is 12.4. The molecule has 0 unspecified atom stereocenters. The zero-order chi connectivity index (χ0) is 18.7. The van der Waals surface area contributed by atoms with E-state index in [4.69, 9.17) is 0 Å². The van der Waals surface area contributed by atoms with Crippen LogP contribution in [-0.2, 0) is 16.1 Å². The molecular weight excluding hydrogens is 328 g/mol. The van der Waals surface area contributed by atoms with Gasteiger partial charge in [0.15, 0.2) is 0 Å². The Kier molecular flexibility index (Phi) is 5.38. The van der Waals surface area contributed by atoms with E-state index in [-0.39, 0.29) is 24.8 Å². The summed E-state index contributed by atoms with van der Waals surface area (Å²) in [4.78, 5) is 25.5. The second-order valence-electron chi connectivity index (χ2n) is 6.81. The number of benzene rings is 2. The lowest BCUT2D eigenvalue weighted by molar-refractivity contribution is -0.137. The number of aliphatic hydroxyl groups is 1. The highest BCUT2D eigenvalue weighted by molar-refractivity contribution is 5.87. The van der Waals surface area contributed by atoms with Crippen molar-refractivity contribution in [3.63, 3.8) is 0 Å². The molecule has 5 nitrogen and oxygen atoms in total. The molecule has 0 bridgehead atoms. The SMILES string of the molecule is CC(=O)N1C[C@H](O)C[C@@H]1C(=O)NCc1ccc(-c2ccccc2)c(C)c1. The van der Waals surface area contributed by atoms with Gasteiger partial charge in [0.25, 0.3) is 0 Å². The van der Waals surface area contributed by atoms with Crippen molar-refractivity contribution in [1.82, 2.24) is 10.2 Å². The molecular formula is C21H24N2O3. The fourth-order valence-electron chi connectivity index (χ4n) is 3.49. The third-order valence-electron chi connectivity index (χ3n) is 4.83. The number of hydrogen-bond donors (Lipinski definition) is 2. The predicted octanol–water partition coefficient (Wildman–Crippen LogP) is 2.26. The van der Waals surface area contributed by atoms with Crippen LogP contribution in [0.3, 0.4) is 0 Å². The number of likely N-dealkylation sites (tertiary alicyclic amines) is 1. The number of aryl methyl sites for hydroxylation is 1. The number of carbonyl (C=O) groups is 2. The minimum absolute atomic E-state index is 0.190. The topological polar surface area (TPSA) is 69.6 Å². The fourth-order valence-corrected chi connectivity index (χ4v) is 3.49. The Morgan fingerprint density at radius 2 is 1.92 bits per heavy atom. The minimum atomic E-state index is -0.637. The molecule has 26 heavy (non-hydrogen) atoms. The number of hydrogen-bond acceptors (Lipinski definition) is 3. The lowest BCUT2D eigenvalue weighted by Gasteiger charge is -2.22. The van der Waals surface area contributed by atoms with Crippen LogP contribution in [0.2, 0.25) is 0 Å². The fraction of sp³-hybridized carbons (Fsp3) is 0.333. The minimum Gasteiger partial charge on any atom is -0.391 e. The monoisotopic (exact) mass is 352 g/mol. The number of aliphatic hydroxyl groups excluding tert-OH is 1. The van der Waals surface area contributed by atoms with Crippen LogP contribution in [-0.4, -0.2) is 40.5 Å². The summed E-state index contributed by atoms with van der Waals surface area (Å²) in [7, 11) is 0. The van der Waals surface area contributed by atoms with Crippen molar-refractivity contribution < 1.29 is 14.7 Å². The molecule has 1 fully saturated rings. The molecule has 5 heteroatoms. The van der Waals surface area contributed by atoms with E-state index in [0.29, 0.717) is 6.54 Å². The highest BCUT2D eigenvalue weighted by Gasteiger charge is 2.37. The summed E-state index contributed by atoms with van der Waals surface area (Å²) in [6.45, 7) is 4.09. The van der Waals surface area contributed by atoms with E-state index >= 15 is 0 Å². The third-order valence-corrected chi connectivity index (χ3v) is 4.83. The lowest BCUT2D eigenvalue weighted by atomic mass is 9.98. The quantitative estimate of drug-likeness (QED) is 0.887. The number of carbonyl (C=O) groups excluding carboxylic acids is 2. The molecule has 1 heterocycles. The molecule has 0 aromatic heterocycles. The van der Waals surface area contributed by atoms with Crippen molar-refractivity contribution in [2.75, 3.05) is 6.54 Å². The van der Waals surface area contributed by atoms with Crippen molar-refractivity contribution in [3.05, 3.63) is 59.7 Å². The van der Waals surface area contributed by atoms with E-state index in [1.165, 1.54) is 17.4 Å². The van der Waals surface area contributed by atoms with Crippen LogP contribution in [0.1, 0.15) is 24.5 Å². The molecule has 0 radical (unpaired) electrons. The molecule has 2 N–H and O–H groups in total. The predicted molar refractivity (Wildman–Crippen MR) is 100 cm³/mol. The standard InChI is InChI=1S/C21H24N2O3/c1-14-10-16(8-9-19(14)17-6-4-3-5-7-17)12-22-21(26)20-11-18(25)13-23(20)15(2)24/h3-10,18,20,25H,11-13H2,1-2H3,(H,22,26)/t18-,20-/m1/s1. The summed E-state index contributed by atoms with van der Waals surface area (Å²) in [5.74, 6) is -0.411. The average molecular weight is 352 g/mol. The maximum Gasteiger partial charge on any atom is 0.243 e. The Morgan fingerprint density at radius 1 is 1.19 bits per heavy atom. The molecule has 1 saturated heterocycles. The Balaban J connectivity index is 1.66. The Labute approximate surface area is 153 Å². The van der Waals surface area contributed by atoms with Gasteiger partial charge < -0.3 is 15.3 Å². The molecule has 2 amide bonds. The number of β-amino-alcohol motifs (C(OH)–C–C–N with tert-alkyl or cyclic N) is 1. The van der Waals surface area contributed by atoms with Gasteiger partial charge in [-0.2, -0.15) is 0 Å². The summed E-state index contributed by atoms with van der Waals surface area (Å²) in [5, 5.41) is 12.6. The molecule has 1 aliphatic heterocycles. The van der Waals surface area contributed by atoms with E-state index in [1.54, 1.807) is 0 Å². The molecule has 1 aliphatic rings. The summed E-state index contributed by atoms with van der Waals surface area (Å²) < 4.78 is 0. The third kappa shape index (κ3) is 3.94.